The third-order valence-corrected chi connectivity index (χ3v) is 7.51. The summed E-state index contributed by atoms with van der Waals surface area (Å²) in [6, 6.07) is 46.0. The average molecular weight is 459 g/mol. The van der Waals surface area contributed by atoms with Gasteiger partial charge in [-0.25, -0.2) is 0 Å². The summed E-state index contributed by atoms with van der Waals surface area (Å²) in [7, 11) is 0. The highest BCUT2D eigenvalue weighted by molar-refractivity contribution is 6.20. The summed E-state index contributed by atoms with van der Waals surface area (Å²) in [6.07, 6.45) is 0. The van der Waals surface area contributed by atoms with Gasteiger partial charge in [-0.15, -0.1) is 0 Å². The first-order valence-electron chi connectivity index (χ1n) is 12.4. The molecule has 8 rings (SSSR count). The van der Waals surface area contributed by atoms with Gasteiger partial charge in [0, 0.05) is 38.3 Å². The molecule has 0 aliphatic heterocycles. The SMILES string of the molecule is c1ccc(-n2c3ccccc3c3cc(-c4ccc5[nH]c6ccc7ccccc7c6c5c4)ccc32)cc1. The Bertz CT molecular complexity index is 2090. The fourth-order valence-electron chi connectivity index (χ4n) is 5.86. The zero-order chi connectivity index (χ0) is 23.6. The van der Waals surface area contributed by atoms with E-state index in [1.807, 2.05) is 0 Å². The lowest BCUT2D eigenvalue weighted by Crippen LogP contribution is -1.92. The Morgan fingerprint density at radius 3 is 2.00 bits per heavy atom. The Hall–Kier alpha value is -4.82. The summed E-state index contributed by atoms with van der Waals surface area (Å²) in [6.45, 7) is 0. The first kappa shape index (κ1) is 19.5. The van der Waals surface area contributed by atoms with Gasteiger partial charge < -0.3 is 9.55 Å². The lowest BCUT2D eigenvalue weighted by molar-refractivity contribution is 1.18. The minimum atomic E-state index is 1.17. The molecule has 1 N–H and O–H groups in total. The summed E-state index contributed by atoms with van der Waals surface area (Å²) < 4.78 is 2.36. The van der Waals surface area contributed by atoms with Crippen LogP contribution in [-0.4, -0.2) is 9.55 Å². The molecule has 0 aliphatic rings. The zero-order valence-corrected chi connectivity index (χ0v) is 19.6. The van der Waals surface area contributed by atoms with Crippen molar-refractivity contribution >= 4 is 54.4 Å². The molecule has 0 saturated heterocycles. The van der Waals surface area contributed by atoms with Crippen LogP contribution in [0.2, 0.25) is 0 Å². The second-order valence-corrected chi connectivity index (χ2v) is 9.51. The Kier molecular flexibility index (Phi) is 3.97. The average Bonchev–Trinajstić information content (AvgIpc) is 3.48. The molecular weight excluding hydrogens is 436 g/mol. The summed E-state index contributed by atoms with van der Waals surface area (Å²) >= 11 is 0. The lowest BCUT2D eigenvalue weighted by Gasteiger charge is -2.08. The van der Waals surface area contributed by atoms with Crippen LogP contribution in [-0.2, 0) is 0 Å². The highest BCUT2D eigenvalue weighted by Gasteiger charge is 2.14. The summed E-state index contributed by atoms with van der Waals surface area (Å²) in [5.74, 6) is 0. The van der Waals surface area contributed by atoms with Crippen molar-refractivity contribution in [2.75, 3.05) is 0 Å². The first-order chi connectivity index (χ1) is 17.8. The third kappa shape index (κ3) is 2.73. The standard InChI is InChI=1S/C34H22N2/c1-2-9-25(10-3-1)36-32-13-7-6-12-27(32)28-20-24(16-19-33(28)36)23-15-17-30-29(21-23)34-26-11-5-4-8-22(26)14-18-31(34)35-30/h1-21,35H. The van der Waals surface area contributed by atoms with Crippen molar-refractivity contribution in [3.8, 4) is 16.8 Å². The monoisotopic (exact) mass is 458 g/mol. The van der Waals surface area contributed by atoms with Crippen LogP contribution in [0.25, 0.3) is 71.2 Å². The van der Waals surface area contributed by atoms with Crippen LogP contribution in [0.5, 0.6) is 0 Å². The Morgan fingerprint density at radius 1 is 0.444 bits per heavy atom. The minimum Gasteiger partial charge on any atom is -0.354 e. The molecule has 36 heavy (non-hydrogen) atoms. The predicted octanol–water partition coefficient (Wildman–Crippen LogP) is 9.24. The van der Waals surface area contributed by atoms with Crippen molar-refractivity contribution in [3.05, 3.63) is 127 Å². The van der Waals surface area contributed by atoms with Gasteiger partial charge in [0.05, 0.1) is 11.0 Å². The highest BCUT2D eigenvalue weighted by Crippen LogP contribution is 2.37. The normalized spacial score (nSPS) is 11.9. The van der Waals surface area contributed by atoms with E-state index >= 15 is 0 Å². The maximum Gasteiger partial charge on any atom is 0.0541 e. The molecule has 168 valence electrons. The molecule has 6 aromatic carbocycles. The highest BCUT2D eigenvalue weighted by atomic mass is 15.0. The largest absolute Gasteiger partial charge is 0.354 e. The summed E-state index contributed by atoms with van der Waals surface area (Å²) in [4.78, 5) is 3.62. The van der Waals surface area contributed by atoms with Crippen molar-refractivity contribution in [3.63, 3.8) is 0 Å². The van der Waals surface area contributed by atoms with Crippen molar-refractivity contribution < 1.29 is 0 Å². The van der Waals surface area contributed by atoms with Crippen LogP contribution in [0.3, 0.4) is 0 Å². The van der Waals surface area contributed by atoms with Crippen LogP contribution in [0.1, 0.15) is 0 Å². The number of para-hydroxylation sites is 2. The molecule has 0 aliphatic carbocycles. The number of hydrogen-bond donors (Lipinski definition) is 1. The predicted molar refractivity (Wildman–Crippen MR) is 153 cm³/mol. The van der Waals surface area contributed by atoms with Crippen LogP contribution < -0.4 is 0 Å². The van der Waals surface area contributed by atoms with E-state index in [9.17, 15) is 0 Å². The van der Waals surface area contributed by atoms with E-state index in [0.29, 0.717) is 0 Å². The van der Waals surface area contributed by atoms with Crippen molar-refractivity contribution in [1.29, 1.82) is 0 Å². The number of nitrogens with one attached hydrogen (secondary N) is 1. The molecule has 2 nitrogen and oxygen atoms in total. The van der Waals surface area contributed by atoms with Gasteiger partial charge in [-0.1, -0.05) is 78.9 Å². The smallest absolute Gasteiger partial charge is 0.0541 e. The van der Waals surface area contributed by atoms with Crippen LogP contribution in [0.15, 0.2) is 127 Å². The van der Waals surface area contributed by atoms with Gasteiger partial charge in [-0.2, -0.15) is 0 Å². The van der Waals surface area contributed by atoms with E-state index < -0.39 is 0 Å². The fourth-order valence-corrected chi connectivity index (χ4v) is 5.86. The van der Waals surface area contributed by atoms with Gasteiger partial charge in [0.1, 0.15) is 0 Å². The second-order valence-electron chi connectivity index (χ2n) is 9.51. The molecule has 0 atom stereocenters. The van der Waals surface area contributed by atoms with Gasteiger partial charge in [0.25, 0.3) is 0 Å². The molecule has 8 aromatic rings. The molecule has 0 spiro atoms. The van der Waals surface area contributed by atoms with Crippen molar-refractivity contribution in [1.82, 2.24) is 9.55 Å². The Morgan fingerprint density at radius 2 is 1.11 bits per heavy atom. The molecule has 0 amide bonds. The summed E-state index contributed by atoms with van der Waals surface area (Å²) in [5, 5.41) is 7.68. The van der Waals surface area contributed by atoms with Crippen LogP contribution >= 0.6 is 0 Å². The van der Waals surface area contributed by atoms with E-state index in [4.69, 9.17) is 0 Å². The Balaban J connectivity index is 1.39. The number of H-pyrrole nitrogens is 1. The molecule has 2 heterocycles. The third-order valence-electron chi connectivity index (χ3n) is 7.51. The number of aromatic amines is 1. The lowest BCUT2D eigenvalue weighted by atomic mass is 9.99. The van der Waals surface area contributed by atoms with E-state index in [0.717, 1.165) is 0 Å². The quantitative estimate of drug-likeness (QED) is 0.266. The molecular formula is C34H22N2. The summed E-state index contributed by atoms with van der Waals surface area (Å²) in [5.41, 5.74) is 8.46. The Labute approximate surface area is 208 Å². The van der Waals surface area contributed by atoms with Crippen molar-refractivity contribution in [2.45, 2.75) is 0 Å². The minimum absolute atomic E-state index is 1.17. The molecule has 0 radical (unpaired) electrons. The van der Waals surface area contributed by atoms with E-state index in [1.54, 1.807) is 0 Å². The number of benzene rings is 6. The second kappa shape index (κ2) is 7.34. The van der Waals surface area contributed by atoms with Gasteiger partial charge in [-0.05, 0) is 70.4 Å². The number of nitrogens with zero attached hydrogens (tertiary/aromatic N) is 1. The fraction of sp³-hybridized carbons (Fsp3) is 0. The molecule has 2 heteroatoms. The van der Waals surface area contributed by atoms with Gasteiger partial charge >= 0.3 is 0 Å². The number of fused-ring (bicyclic) bond motifs is 8. The molecule has 0 unspecified atom stereocenters. The maximum absolute atomic E-state index is 3.62. The van der Waals surface area contributed by atoms with E-state index in [-0.39, 0.29) is 0 Å². The topological polar surface area (TPSA) is 20.7 Å². The van der Waals surface area contributed by atoms with Crippen molar-refractivity contribution in [2.24, 2.45) is 0 Å². The van der Waals surface area contributed by atoms with Gasteiger partial charge in [0.2, 0.25) is 0 Å². The van der Waals surface area contributed by atoms with Gasteiger partial charge in [-0.3, -0.25) is 0 Å². The molecule has 2 aromatic heterocycles. The number of hydrogen-bond acceptors (Lipinski definition) is 0. The number of aromatic nitrogens is 2. The van der Waals surface area contributed by atoms with E-state index in [1.165, 1.54) is 71.2 Å². The number of rotatable bonds is 2. The molecule has 0 bridgehead atoms. The zero-order valence-electron chi connectivity index (χ0n) is 19.6. The molecule has 0 saturated carbocycles. The van der Waals surface area contributed by atoms with Crippen LogP contribution in [0.4, 0.5) is 0 Å². The first-order valence-corrected chi connectivity index (χ1v) is 12.4. The van der Waals surface area contributed by atoms with Gasteiger partial charge in [0.15, 0.2) is 0 Å². The molecule has 0 fully saturated rings. The van der Waals surface area contributed by atoms with E-state index in [2.05, 4.69) is 137 Å². The van der Waals surface area contributed by atoms with Crippen LogP contribution in [0, 0.1) is 0 Å². The maximum atomic E-state index is 3.62.